The van der Waals surface area contributed by atoms with E-state index < -0.39 is 0 Å². The number of aliphatic hydroxyl groups excluding tert-OH is 1. The van der Waals surface area contributed by atoms with Crippen molar-refractivity contribution in [3.05, 3.63) is 0 Å². The van der Waals surface area contributed by atoms with Crippen molar-refractivity contribution in [3.8, 4) is 0 Å². The lowest BCUT2D eigenvalue weighted by Gasteiger charge is -2.61. The minimum absolute atomic E-state index is 0.432. The number of fused-ring (bicyclic) bond motifs is 5. The van der Waals surface area contributed by atoms with Crippen molar-refractivity contribution >= 4 is 0 Å². The first-order chi connectivity index (χ1) is 10.5. The molecule has 0 unspecified atom stereocenters. The Hall–Kier alpha value is -0.0400. The largest absolute Gasteiger partial charge is 0.396 e. The van der Waals surface area contributed by atoms with Crippen molar-refractivity contribution in [3.63, 3.8) is 0 Å². The second-order valence-corrected chi connectivity index (χ2v) is 10.0. The molecule has 4 aliphatic rings. The Bertz CT molecular complexity index is 432. The van der Waals surface area contributed by atoms with Crippen LogP contribution in [0.4, 0.5) is 0 Å². The zero-order valence-corrected chi connectivity index (χ0v) is 15.0. The lowest BCUT2D eigenvalue weighted by molar-refractivity contribution is -0.119. The topological polar surface area (TPSA) is 20.2 Å². The summed E-state index contributed by atoms with van der Waals surface area (Å²) in [5, 5.41) is 9.83. The van der Waals surface area contributed by atoms with Crippen molar-refractivity contribution in [2.24, 2.45) is 46.3 Å². The average molecular weight is 305 g/mol. The van der Waals surface area contributed by atoms with E-state index in [1.807, 2.05) is 0 Å². The van der Waals surface area contributed by atoms with Crippen molar-refractivity contribution in [2.75, 3.05) is 6.61 Å². The van der Waals surface area contributed by atoms with E-state index >= 15 is 0 Å². The average Bonchev–Trinajstić information content (AvgIpc) is 2.84. The van der Waals surface area contributed by atoms with Crippen LogP contribution >= 0.6 is 0 Å². The molecule has 0 radical (unpaired) electrons. The molecule has 1 heteroatoms. The summed E-state index contributed by atoms with van der Waals surface area (Å²) in [6.45, 7) is 8.11. The van der Waals surface area contributed by atoms with Gasteiger partial charge in [-0.05, 0) is 97.7 Å². The molecule has 0 aromatic heterocycles. The van der Waals surface area contributed by atoms with E-state index in [1.165, 1.54) is 57.8 Å². The molecular weight excluding hydrogens is 268 g/mol. The molecule has 0 aromatic rings. The highest BCUT2D eigenvalue weighted by atomic mass is 16.3. The molecule has 4 rings (SSSR count). The van der Waals surface area contributed by atoms with Gasteiger partial charge in [-0.3, -0.25) is 0 Å². The van der Waals surface area contributed by atoms with Gasteiger partial charge in [0.25, 0.3) is 0 Å². The lowest BCUT2D eigenvalue weighted by Crippen LogP contribution is -2.53. The molecule has 0 spiro atoms. The Morgan fingerprint density at radius 3 is 2.36 bits per heavy atom. The molecule has 0 amide bonds. The third-order valence-corrected chi connectivity index (χ3v) is 9.34. The van der Waals surface area contributed by atoms with E-state index in [1.54, 1.807) is 0 Å². The van der Waals surface area contributed by atoms with Crippen molar-refractivity contribution < 1.29 is 5.11 Å². The number of hydrogen-bond donors (Lipinski definition) is 1. The molecule has 4 saturated carbocycles. The summed E-state index contributed by atoms with van der Waals surface area (Å²) in [5.74, 6) is 5.46. The monoisotopic (exact) mass is 304 g/mol. The van der Waals surface area contributed by atoms with Gasteiger partial charge >= 0.3 is 0 Å². The zero-order chi connectivity index (χ0) is 15.5. The summed E-state index contributed by atoms with van der Waals surface area (Å²) in [7, 11) is 0. The summed E-state index contributed by atoms with van der Waals surface area (Å²) in [4.78, 5) is 0. The van der Waals surface area contributed by atoms with Crippen LogP contribution in [0.15, 0.2) is 0 Å². The Morgan fingerprint density at radius 1 is 0.864 bits per heavy atom. The van der Waals surface area contributed by atoms with Crippen LogP contribution in [0.3, 0.4) is 0 Å². The van der Waals surface area contributed by atoms with Crippen molar-refractivity contribution in [1.29, 1.82) is 0 Å². The van der Waals surface area contributed by atoms with Gasteiger partial charge in [-0.15, -0.1) is 0 Å². The predicted octanol–water partition coefficient (Wildman–Crippen LogP) is 5.27. The van der Waals surface area contributed by atoms with E-state index in [0.717, 1.165) is 29.6 Å². The van der Waals surface area contributed by atoms with Crippen molar-refractivity contribution in [2.45, 2.75) is 78.6 Å². The van der Waals surface area contributed by atoms with Gasteiger partial charge in [-0.25, -0.2) is 0 Å². The van der Waals surface area contributed by atoms with E-state index in [0.29, 0.717) is 23.4 Å². The van der Waals surface area contributed by atoms with Crippen LogP contribution in [0.1, 0.15) is 78.6 Å². The molecule has 1 nitrogen and oxygen atoms in total. The summed E-state index contributed by atoms with van der Waals surface area (Å²) in [5.41, 5.74) is 1.11. The number of hydrogen-bond acceptors (Lipinski definition) is 1. The molecule has 0 heterocycles. The highest BCUT2D eigenvalue weighted by Gasteiger charge is 2.59. The molecule has 4 aliphatic carbocycles. The second-order valence-electron chi connectivity index (χ2n) is 10.0. The summed E-state index contributed by atoms with van der Waals surface area (Å²) in [6.07, 6.45) is 13.0. The van der Waals surface area contributed by atoms with Crippen LogP contribution < -0.4 is 0 Å². The molecule has 8 atom stereocenters. The van der Waals surface area contributed by atoms with Gasteiger partial charge < -0.3 is 5.11 Å². The zero-order valence-electron chi connectivity index (χ0n) is 15.0. The predicted molar refractivity (Wildman–Crippen MR) is 91.5 cm³/mol. The molecule has 0 bridgehead atoms. The Morgan fingerprint density at radius 2 is 1.59 bits per heavy atom. The Balaban J connectivity index is 1.61. The molecular formula is C21H36O. The lowest BCUT2D eigenvalue weighted by atomic mass is 9.44. The first-order valence-electron chi connectivity index (χ1n) is 10.1. The van der Waals surface area contributed by atoms with E-state index in [-0.39, 0.29) is 0 Å². The maximum absolute atomic E-state index is 9.83. The molecule has 1 N–H and O–H groups in total. The van der Waals surface area contributed by atoms with Gasteiger partial charge in [-0.1, -0.05) is 27.2 Å². The normalized spacial score (nSPS) is 57.8. The van der Waals surface area contributed by atoms with E-state index in [9.17, 15) is 5.11 Å². The van der Waals surface area contributed by atoms with Crippen LogP contribution in [0.2, 0.25) is 0 Å². The fourth-order valence-electron chi connectivity index (χ4n) is 7.88. The van der Waals surface area contributed by atoms with E-state index in [2.05, 4.69) is 20.8 Å². The van der Waals surface area contributed by atoms with Gasteiger partial charge in [0, 0.05) is 6.61 Å². The van der Waals surface area contributed by atoms with Gasteiger partial charge in [-0.2, -0.15) is 0 Å². The molecule has 4 fully saturated rings. The third kappa shape index (κ3) is 2.00. The maximum Gasteiger partial charge on any atom is 0.0464 e. The Labute approximate surface area is 137 Å². The molecule has 0 saturated heterocycles. The second kappa shape index (κ2) is 5.23. The molecule has 0 aromatic carbocycles. The highest BCUT2D eigenvalue weighted by molar-refractivity contribution is 5.08. The first kappa shape index (κ1) is 15.5. The molecule has 126 valence electrons. The van der Waals surface area contributed by atoms with Crippen LogP contribution in [0, 0.1) is 46.3 Å². The minimum Gasteiger partial charge on any atom is -0.396 e. The SMILES string of the molecule is C[C@@H]1CC[C@@]2(C)[C@@H](CC[C@@H]3[C@@H]2CC[C@]2(C)[C@@H](CO)CC[C@@H]32)C1. The van der Waals surface area contributed by atoms with Gasteiger partial charge in [0.15, 0.2) is 0 Å². The fourth-order valence-corrected chi connectivity index (χ4v) is 7.88. The van der Waals surface area contributed by atoms with Gasteiger partial charge in [0.1, 0.15) is 0 Å². The fraction of sp³-hybridized carbons (Fsp3) is 1.00. The molecule has 22 heavy (non-hydrogen) atoms. The minimum atomic E-state index is 0.432. The van der Waals surface area contributed by atoms with Crippen molar-refractivity contribution in [1.82, 2.24) is 0 Å². The van der Waals surface area contributed by atoms with Crippen LogP contribution in [-0.4, -0.2) is 11.7 Å². The summed E-state index contributed by atoms with van der Waals surface area (Å²) >= 11 is 0. The smallest absolute Gasteiger partial charge is 0.0464 e. The maximum atomic E-state index is 9.83. The first-order valence-corrected chi connectivity index (χ1v) is 10.1. The quantitative estimate of drug-likeness (QED) is 0.699. The van der Waals surface area contributed by atoms with Gasteiger partial charge in [0.2, 0.25) is 0 Å². The van der Waals surface area contributed by atoms with Crippen LogP contribution in [0.5, 0.6) is 0 Å². The highest BCUT2D eigenvalue weighted by Crippen LogP contribution is 2.67. The Kier molecular flexibility index (Phi) is 3.68. The van der Waals surface area contributed by atoms with Crippen LogP contribution in [0.25, 0.3) is 0 Å². The van der Waals surface area contributed by atoms with Crippen LogP contribution in [-0.2, 0) is 0 Å². The summed E-state index contributed by atoms with van der Waals surface area (Å²) < 4.78 is 0. The van der Waals surface area contributed by atoms with E-state index in [4.69, 9.17) is 0 Å². The number of aliphatic hydroxyl groups is 1. The number of rotatable bonds is 1. The van der Waals surface area contributed by atoms with Gasteiger partial charge in [0.05, 0.1) is 0 Å². The third-order valence-electron chi connectivity index (χ3n) is 9.34. The standard InChI is InChI=1S/C21H36O/c1-14-8-10-20(2)15(12-14)4-6-17-18-7-5-16(13-22)21(18,3)11-9-19(17)20/h14-19,22H,4-13H2,1-3H3/t14-,15+,16-,17+,18+,19+,20+,21-/m1/s1. The summed E-state index contributed by atoms with van der Waals surface area (Å²) in [6, 6.07) is 0. The molecule has 0 aliphatic heterocycles.